The third-order valence-corrected chi connectivity index (χ3v) is 7.22. The Hall–Kier alpha value is -1.11. The van der Waals surface area contributed by atoms with Crippen molar-refractivity contribution in [2.75, 3.05) is 5.75 Å². The van der Waals surface area contributed by atoms with Crippen molar-refractivity contribution in [1.82, 2.24) is 25.5 Å². The zero-order chi connectivity index (χ0) is 16.0. The van der Waals surface area contributed by atoms with Crippen LogP contribution in [0.5, 0.6) is 0 Å². The maximum Gasteiger partial charge on any atom is 0.230 e. The molecule has 0 aromatic carbocycles. The van der Waals surface area contributed by atoms with Gasteiger partial charge in [-0.1, -0.05) is 32.5 Å². The van der Waals surface area contributed by atoms with Gasteiger partial charge in [0.05, 0.1) is 5.75 Å². The average molecular weight is 323 g/mol. The number of carbonyl (C=O) groups is 1. The van der Waals surface area contributed by atoms with E-state index in [0.717, 1.165) is 12.3 Å². The first-order chi connectivity index (χ1) is 10.4. The van der Waals surface area contributed by atoms with E-state index < -0.39 is 0 Å². The van der Waals surface area contributed by atoms with Gasteiger partial charge in [0.1, 0.15) is 0 Å². The number of thioether (sulfide) groups is 1. The molecule has 2 aliphatic rings. The van der Waals surface area contributed by atoms with Gasteiger partial charge < -0.3 is 5.32 Å². The third-order valence-electron chi connectivity index (χ3n) is 6.26. The molecule has 2 bridgehead atoms. The second-order valence-electron chi connectivity index (χ2n) is 7.30. The Balaban J connectivity index is 1.57. The molecule has 1 aromatic rings. The quantitative estimate of drug-likeness (QED) is 0.840. The SMILES string of the molecule is CCn1nnnc1SCC(=O)NC1CC2CCC1(C)C2(C)C. The molecule has 1 amide bonds. The van der Waals surface area contributed by atoms with E-state index in [1.165, 1.54) is 24.6 Å². The van der Waals surface area contributed by atoms with Crippen molar-refractivity contribution in [3.8, 4) is 0 Å². The molecular formula is C15H25N5OS. The molecule has 1 heterocycles. The molecule has 0 radical (unpaired) electrons. The van der Waals surface area contributed by atoms with E-state index in [1.54, 1.807) is 4.68 Å². The summed E-state index contributed by atoms with van der Waals surface area (Å²) in [4.78, 5) is 12.3. The van der Waals surface area contributed by atoms with Crippen molar-refractivity contribution in [3.05, 3.63) is 0 Å². The van der Waals surface area contributed by atoms with Crippen LogP contribution in [0.1, 0.15) is 47.0 Å². The summed E-state index contributed by atoms with van der Waals surface area (Å²) in [5.74, 6) is 1.20. The molecule has 7 heteroatoms. The van der Waals surface area contributed by atoms with Crippen LogP contribution >= 0.6 is 11.8 Å². The van der Waals surface area contributed by atoms with Gasteiger partial charge in [0, 0.05) is 12.6 Å². The Labute approximate surface area is 135 Å². The molecule has 2 aliphatic carbocycles. The molecule has 22 heavy (non-hydrogen) atoms. The zero-order valence-electron chi connectivity index (χ0n) is 13.8. The predicted molar refractivity (Wildman–Crippen MR) is 85.4 cm³/mol. The van der Waals surface area contributed by atoms with Crippen LogP contribution in [-0.4, -0.2) is 37.9 Å². The summed E-state index contributed by atoms with van der Waals surface area (Å²) in [6.45, 7) is 9.77. The fourth-order valence-corrected chi connectivity index (χ4v) is 5.04. The molecular weight excluding hydrogens is 298 g/mol. The van der Waals surface area contributed by atoms with Crippen LogP contribution in [0.3, 0.4) is 0 Å². The molecule has 0 aliphatic heterocycles. The Bertz CT molecular complexity index is 572. The van der Waals surface area contributed by atoms with E-state index in [0.29, 0.717) is 28.9 Å². The fourth-order valence-electron chi connectivity index (χ4n) is 4.29. The second kappa shape index (κ2) is 5.51. The number of hydrogen-bond acceptors (Lipinski definition) is 5. The van der Waals surface area contributed by atoms with Crippen LogP contribution in [0, 0.1) is 16.7 Å². The highest BCUT2D eigenvalue weighted by Gasteiger charge is 2.61. The van der Waals surface area contributed by atoms with Crippen LogP contribution in [0.25, 0.3) is 0 Å². The zero-order valence-corrected chi connectivity index (χ0v) is 14.6. The number of nitrogens with one attached hydrogen (secondary N) is 1. The summed E-state index contributed by atoms with van der Waals surface area (Å²) in [5, 5.41) is 15.5. The molecule has 2 saturated carbocycles. The highest BCUT2D eigenvalue weighted by molar-refractivity contribution is 7.99. The van der Waals surface area contributed by atoms with Crippen molar-refractivity contribution in [2.24, 2.45) is 16.7 Å². The number of nitrogens with zero attached hydrogens (tertiary/aromatic N) is 4. The number of tetrazole rings is 1. The summed E-state index contributed by atoms with van der Waals surface area (Å²) in [6, 6.07) is 0.302. The van der Waals surface area contributed by atoms with Gasteiger partial charge in [-0.3, -0.25) is 4.79 Å². The van der Waals surface area contributed by atoms with Gasteiger partial charge in [0.25, 0.3) is 0 Å². The lowest BCUT2D eigenvalue weighted by Gasteiger charge is -2.39. The standard InChI is InChI=1S/C15H25N5OS/c1-5-20-13(17-18-19-20)22-9-12(21)16-11-8-10-6-7-15(11,4)14(10,2)3/h10-11H,5-9H2,1-4H3,(H,16,21). The van der Waals surface area contributed by atoms with E-state index in [-0.39, 0.29) is 11.3 Å². The van der Waals surface area contributed by atoms with Gasteiger partial charge >= 0.3 is 0 Å². The van der Waals surface area contributed by atoms with E-state index in [9.17, 15) is 4.79 Å². The van der Waals surface area contributed by atoms with Crippen LogP contribution in [0.2, 0.25) is 0 Å². The highest BCUT2D eigenvalue weighted by atomic mass is 32.2. The number of fused-ring (bicyclic) bond motifs is 2. The monoisotopic (exact) mass is 323 g/mol. The predicted octanol–water partition coefficient (Wildman–Crippen LogP) is 2.12. The number of amides is 1. The summed E-state index contributed by atoms with van der Waals surface area (Å²) in [6.07, 6.45) is 3.64. The minimum Gasteiger partial charge on any atom is -0.352 e. The number of aromatic nitrogens is 4. The Morgan fingerprint density at radius 2 is 2.23 bits per heavy atom. The van der Waals surface area contributed by atoms with Gasteiger partial charge in [-0.15, -0.1) is 5.10 Å². The first kappa shape index (κ1) is 15.8. The fraction of sp³-hybridized carbons (Fsp3) is 0.867. The van der Waals surface area contributed by atoms with E-state index in [1.807, 2.05) is 6.92 Å². The topological polar surface area (TPSA) is 72.7 Å². The van der Waals surface area contributed by atoms with Gasteiger partial charge in [0.2, 0.25) is 11.1 Å². The van der Waals surface area contributed by atoms with Crippen molar-refractivity contribution in [3.63, 3.8) is 0 Å². The van der Waals surface area contributed by atoms with Crippen molar-refractivity contribution >= 4 is 17.7 Å². The molecule has 2 fully saturated rings. The molecule has 122 valence electrons. The van der Waals surface area contributed by atoms with Crippen molar-refractivity contribution < 1.29 is 4.79 Å². The molecule has 3 rings (SSSR count). The van der Waals surface area contributed by atoms with E-state index >= 15 is 0 Å². The number of rotatable bonds is 5. The van der Waals surface area contributed by atoms with E-state index in [4.69, 9.17) is 0 Å². The largest absolute Gasteiger partial charge is 0.352 e. The van der Waals surface area contributed by atoms with Crippen LogP contribution < -0.4 is 5.32 Å². The number of aryl methyl sites for hydroxylation is 1. The number of hydrogen-bond donors (Lipinski definition) is 1. The maximum atomic E-state index is 12.3. The minimum absolute atomic E-state index is 0.0882. The Morgan fingerprint density at radius 3 is 2.82 bits per heavy atom. The lowest BCUT2D eigenvalue weighted by molar-refractivity contribution is -0.120. The highest BCUT2D eigenvalue weighted by Crippen LogP contribution is 2.65. The maximum absolute atomic E-state index is 12.3. The van der Waals surface area contributed by atoms with Crippen LogP contribution in [-0.2, 0) is 11.3 Å². The van der Waals surface area contributed by atoms with Gasteiger partial charge in [-0.25, -0.2) is 4.68 Å². The molecule has 1 aromatic heterocycles. The van der Waals surface area contributed by atoms with Gasteiger partial charge in [-0.05, 0) is 53.4 Å². The Morgan fingerprint density at radius 1 is 1.45 bits per heavy atom. The van der Waals surface area contributed by atoms with Crippen LogP contribution in [0.4, 0.5) is 0 Å². The smallest absolute Gasteiger partial charge is 0.230 e. The molecule has 6 nitrogen and oxygen atoms in total. The summed E-state index contributed by atoms with van der Waals surface area (Å²) in [7, 11) is 0. The normalized spacial score (nSPS) is 32.4. The molecule has 0 spiro atoms. The third kappa shape index (κ3) is 2.33. The van der Waals surface area contributed by atoms with E-state index in [2.05, 4.69) is 41.6 Å². The van der Waals surface area contributed by atoms with Crippen LogP contribution in [0.15, 0.2) is 5.16 Å². The summed E-state index contributed by atoms with van der Waals surface area (Å²) in [5.41, 5.74) is 0.549. The minimum atomic E-state index is 0.0882. The van der Waals surface area contributed by atoms with Crippen molar-refractivity contribution in [2.45, 2.75) is 64.7 Å². The van der Waals surface area contributed by atoms with Gasteiger partial charge in [-0.2, -0.15) is 0 Å². The van der Waals surface area contributed by atoms with Crippen molar-refractivity contribution in [1.29, 1.82) is 0 Å². The Kier molecular flexibility index (Phi) is 3.95. The summed E-state index contributed by atoms with van der Waals surface area (Å²) < 4.78 is 1.71. The molecule has 0 saturated heterocycles. The number of carbonyl (C=O) groups excluding carboxylic acids is 1. The lowest BCUT2D eigenvalue weighted by Crippen LogP contribution is -2.47. The molecule has 3 unspecified atom stereocenters. The molecule has 1 N–H and O–H groups in total. The summed E-state index contributed by atoms with van der Waals surface area (Å²) >= 11 is 1.40. The lowest BCUT2D eigenvalue weighted by atomic mass is 9.69. The first-order valence-electron chi connectivity index (χ1n) is 8.07. The second-order valence-corrected chi connectivity index (χ2v) is 8.24. The van der Waals surface area contributed by atoms with Gasteiger partial charge in [0.15, 0.2) is 0 Å². The average Bonchev–Trinajstić information content (AvgIpc) is 3.07. The molecule has 3 atom stereocenters. The first-order valence-corrected chi connectivity index (χ1v) is 9.05.